The Morgan fingerprint density at radius 1 is 0.697 bits per heavy atom. The van der Waals surface area contributed by atoms with E-state index < -0.39 is 23.1 Å². The Morgan fingerprint density at radius 2 is 1.09 bits per heavy atom. The molecule has 0 fully saturated rings. The Kier molecular flexibility index (Phi) is 6.74. The van der Waals surface area contributed by atoms with Gasteiger partial charge in [0.25, 0.3) is 0 Å². The molecule has 0 aliphatic carbocycles. The number of carbonyl (C=O) groups excluding carboxylic acids is 2. The predicted molar refractivity (Wildman–Crippen MR) is 119 cm³/mol. The SMILES string of the molecule is COC(=O)C1=C(C(=O)OC)[C@@]2(COCc3ccccc3)C=C[C@]1(COCc1ccccc1)O2. The standard InChI is InChI=1S/C26H26O7/c1-29-23(27)21-22(24(28)30-2)26(18-32-16-20-11-7-4-8-12-20)14-13-25(21,33-26)17-31-15-19-9-5-3-6-10-19/h3-14H,15-18H2,1-2H3/t25-,26+. The second-order valence-corrected chi connectivity index (χ2v) is 7.90. The Labute approximate surface area is 192 Å². The monoisotopic (exact) mass is 450 g/mol. The van der Waals surface area contributed by atoms with Crippen LogP contribution in [0.15, 0.2) is 84.0 Å². The minimum absolute atomic E-state index is 0.0176. The van der Waals surface area contributed by atoms with Crippen LogP contribution < -0.4 is 0 Å². The van der Waals surface area contributed by atoms with Gasteiger partial charge in [0.1, 0.15) is 11.2 Å². The highest BCUT2D eigenvalue weighted by Crippen LogP contribution is 2.51. The molecule has 2 atom stereocenters. The van der Waals surface area contributed by atoms with Gasteiger partial charge in [-0.05, 0) is 23.3 Å². The van der Waals surface area contributed by atoms with Gasteiger partial charge in [0.2, 0.25) is 0 Å². The molecular weight excluding hydrogens is 424 g/mol. The van der Waals surface area contributed by atoms with Gasteiger partial charge in [0, 0.05) is 0 Å². The van der Waals surface area contributed by atoms with Gasteiger partial charge in [-0.25, -0.2) is 9.59 Å². The fraction of sp³-hybridized carbons (Fsp3) is 0.308. The molecule has 0 saturated heterocycles. The highest BCUT2D eigenvalue weighted by atomic mass is 16.6. The van der Waals surface area contributed by atoms with E-state index >= 15 is 0 Å². The quantitative estimate of drug-likeness (QED) is 0.406. The molecule has 7 nitrogen and oxygen atoms in total. The zero-order valence-corrected chi connectivity index (χ0v) is 18.6. The number of rotatable bonds is 10. The van der Waals surface area contributed by atoms with Crippen molar-refractivity contribution in [3.63, 3.8) is 0 Å². The number of ether oxygens (including phenoxy) is 5. The summed E-state index contributed by atoms with van der Waals surface area (Å²) < 4.78 is 28.2. The number of methoxy groups -OCH3 is 2. The average Bonchev–Trinajstić information content (AvgIpc) is 3.36. The summed E-state index contributed by atoms with van der Waals surface area (Å²) in [6.07, 6.45) is 3.48. The molecule has 4 rings (SSSR count). The summed E-state index contributed by atoms with van der Waals surface area (Å²) >= 11 is 0. The minimum atomic E-state index is -1.28. The van der Waals surface area contributed by atoms with Crippen LogP contribution in [-0.4, -0.2) is 50.6 Å². The second-order valence-electron chi connectivity index (χ2n) is 7.90. The molecule has 33 heavy (non-hydrogen) atoms. The number of hydrogen-bond donors (Lipinski definition) is 0. The maximum Gasteiger partial charge on any atom is 0.337 e. The molecule has 172 valence electrons. The number of fused-ring (bicyclic) bond motifs is 2. The summed E-state index contributed by atoms with van der Waals surface area (Å²) in [5, 5.41) is 0. The Bertz CT molecular complexity index is 977. The molecule has 2 aromatic carbocycles. The van der Waals surface area contributed by atoms with E-state index in [4.69, 9.17) is 23.7 Å². The molecule has 2 bridgehead atoms. The van der Waals surface area contributed by atoms with E-state index in [1.807, 2.05) is 60.7 Å². The molecule has 0 radical (unpaired) electrons. The van der Waals surface area contributed by atoms with Crippen LogP contribution >= 0.6 is 0 Å². The maximum absolute atomic E-state index is 12.8. The lowest BCUT2D eigenvalue weighted by Gasteiger charge is -2.27. The van der Waals surface area contributed by atoms with Gasteiger partial charge in [-0.2, -0.15) is 0 Å². The molecule has 0 amide bonds. The number of carbonyl (C=O) groups is 2. The number of benzene rings is 2. The van der Waals surface area contributed by atoms with Crippen molar-refractivity contribution in [3.05, 3.63) is 95.1 Å². The van der Waals surface area contributed by atoms with Crippen LogP contribution in [-0.2, 0) is 46.5 Å². The first-order valence-corrected chi connectivity index (χ1v) is 10.6. The molecule has 0 spiro atoms. The van der Waals surface area contributed by atoms with Gasteiger partial charge >= 0.3 is 11.9 Å². The van der Waals surface area contributed by atoms with Crippen LogP contribution in [0.4, 0.5) is 0 Å². The first-order chi connectivity index (χ1) is 16.0. The molecule has 7 heteroatoms. The smallest absolute Gasteiger partial charge is 0.337 e. The van der Waals surface area contributed by atoms with Crippen LogP contribution in [0.2, 0.25) is 0 Å². The van der Waals surface area contributed by atoms with Gasteiger partial charge in [-0.1, -0.05) is 60.7 Å². The molecule has 2 heterocycles. The first-order valence-electron chi connectivity index (χ1n) is 10.6. The molecule has 0 N–H and O–H groups in total. The fourth-order valence-corrected chi connectivity index (χ4v) is 4.20. The summed E-state index contributed by atoms with van der Waals surface area (Å²) in [5.74, 6) is -1.35. The summed E-state index contributed by atoms with van der Waals surface area (Å²) in [6.45, 7) is 0.673. The van der Waals surface area contributed by atoms with Crippen molar-refractivity contribution in [1.29, 1.82) is 0 Å². The molecular formula is C26H26O7. The highest BCUT2D eigenvalue weighted by molar-refractivity contribution is 6.06. The lowest BCUT2D eigenvalue weighted by Crippen LogP contribution is -2.39. The minimum Gasteiger partial charge on any atom is -0.466 e. The lowest BCUT2D eigenvalue weighted by atomic mass is 9.82. The Morgan fingerprint density at radius 3 is 1.45 bits per heavy atom. The van der Waals surface area contributed by atoms with Crippen molar-refractivity contribution in [1.82, 2.24) is 0 Å². The Hall–Kier alpha value is -3.26. The van der Waals surface area contributed by atoms with E-state index in [9.17, 15) is 9.59 Å². The zero-order valence-electron chi connectivity index (χ0n) is 18.6. The van der Waals surface area contributed by atoms with Crippen molar-refractivity contribution >= 4 is 11.9 Å². The van der Waals surface area contributed by atoms with E-state index in [1.165, 1.54) is 14.2 Å². The summed E-state index contributed by atoms with van der Waals surface area (Å²) in [5.41, 5.74) is -0.444. The number of hydrogen-bond acceptors (Lipinski definition) is 7. The third-order valence-electron chi connectivity index (χ3n) is 5.72. The largest absolute Gasteiger partial charge is 0.466 e. The Balaban J connectivity index is 1.59. The van der Waals surface area contributed by atoms with Crippen LogP contribution in [0, 0.1) is 0 Å². The van der Waals surface area contributed by atoms with Crippen LogP contribution in [0.3, 0.4) is 0 Å². The normalized spacial score (nSPS) is 23.1. The maximum atomic E-state index is 12.8. The summed E-state index contributed by atoms with van der Waals surface area (Å²) in [4.78, 5) is 25.6. The van der Waals surface area contributed by atoms with Crippen molar-refractivity contribution in [3.8, 4) is 0 Å². The van der Waals surface area contributed by atoms with Crippen molar-refractivity contribution in [2.45, 2.75) is 24.4 Å². The van der Waals surface area contributed by atoms with Crippen LogP contribution in [0.25, 0.3) is 0 Å². The van der Waals surface area contributed by atoms with E-state index in [-0.39, 0.29) is 24.4 Å². The van der Waals surface area contributed by atoms with Crippen LogP contribution in [0.1, 0.15) is 11.1 Å². The summed E-state index contributed by atoms with van der Waals surface area (Å²) in [7, 11) is 2.52. The third kappa shape index (κ3) is 4.48. The predicted octanol–water partition coefficient (Wildman–Crippen LogP) is 3.14. The van der Waals surface area contributed by atoms with E-state index in [2.05, 4.69) is 0 Å². The van der Waals surface area contributed by atoms with Gasteiger partial charge in [0.05, 0.1) is 51.8 Å². The highest BCUT2D eigenvalue weighted by Gasteiger charge is 2.62. The van der Waals surface area contributed by atoms with Gasteiger partial charge in [0.15, 0.2) is 0 Å². The van der Waals surface area contributed by atoms with Crippen molar-refractivity contribution in [2.75, 3.05) is 27.4 Å². The molecule has 0 unspecified atom stereocenters. The first kappa shape index (κ1) is 22.9. The topological polar surface area (TPSA) is 80.3 Å². The molecule has 0 aromatic heterocycles. The summed E-state index contributed by atoms with van der Waals surface area (Å²) in [6, 6.07) is 19.3. The third-order valence-corrected chi connectivity index (χ3v) is 5.72. The lowest BCUT2D eigenvalue weighted by molar-refractivity contribution is -0.142. The average molecular weight is 450 g/mol. The van der Waals surface area contributed by atoms with Crippen molar-refractivity contribution < 1.29 is 33.3 Å². The van der Waals surface area contributed by atoms with Crippen molar-refractivity contribution in [2.24, 2.45) is 0 Å². The van der Waals surface area contributed by atoms with Gasteiger partial charge in [-0.3, -0.25) is 0 Å². The van der Waals surface area contributed by atoms with E-state index in [0.717, 1.165) is 11.1 Å². The second kappa shape index (κ2) is 9.70. The van der Waals surface area contributed by atoms with E-state index in [1.54, 1.807) is 12.2 Å². The molecule has 2 aromatic rings. The molecule has 2 aliphatic rings. The fourth-order valence-electron chi connectivity index (χ4n) is 4.20. The molecule has 0 saturated carbocycles. The van der Waals surface area contributed by atoms with Crippen LogP contribution in [0.5, 0.6) is 0 Å². The van der Waals surface area contributed by atoms with Gasteiger partial charge in [-0.15, -0.1) is 0 Å². The van der Waals surface area contributed by atoms with Gasteiger partial charge < -0.3 is 23.7 Å². The molecule has 2 aliphatic heterocycles. The van der Waals surface area contributed by atoms with E-state index in [0.29, 0.717) is 13.2 Å². The number of esters is 2. The zero-order chi connectivity index (χ0) is 23.3.